The van der Waals surface area contributed by atoms with Crippen molar-refractivity contribution < 1.29 is 52.5 Å². The number of hydrogen-bond acceptors (Lipinski definition) is 11. The monoisotopic (exact) mass is 546 g/mol. The van der Waals surface area contributed by atoms with Crippen molar-refractivity contribution in [3.63, 3.8) is 0 Å². The van der Waals surface area contributed by atoms with Crippen LogP contribution in [-0.4, -0.2) is 72.6 Å². The number of carbonyl (C=O) groups excluding carboxylic acids is 6. The molecule has 212 valence electrons. The molecule has 0 saturated carbocycles. The van der Waals surface area contributed by atoms with Crippen molar-refractivity contribution in [3.8, 4) is 0 Å². The first-order chi connectivity index (χ1) is 18.3. The molecular formula is C28H34O11. The zero-order chi connectivity index (χ0) is 29.4. The number of ketones is 2. The third-order valence-electron chi connectivity index (χ3n) is 6.15. The molecule has 1 heterocycles. The van der Waals surface area contributed by atoms with Crippen molar-refractivity contribution in [2.45, 2.75) is 85.4 Å². The second-order valence-corrected chi connectivity index (χ2v) is 9.10. The summed E-state index contributed by atoms with van der Waals surface area (Å²) in [5.74, 6) is -2.47. The van der Waals surface area contributed by atoms with E-state index in [4.69, 9.17) is 23.7 Å². The predicted molar refractivity (Wildman–Crippen MR) is 136 cm³/mol. The minimum absolute atomic E-state index is 0.0299. The highest BCUT2D eigenvalue weighted by Crippen LogP contribution is 2.30. The Kier molecular flexibility index (Phi) is 11.1. The number of hydrogen-bond donors (Lipinski definition) is 0. The van der Waals surface area contributed by atoms with E-state index in [0.29, 0.717) is 28.7 Å². The number of fused-ring (bicyclic) bond motifs is 1. The fourth-order valence-electron chi connectivity index (χ4n) is 4.27. The van der Waals surface area contributed by atoms with E-state index in [1.165, 1.54) is 27.7 Å². The molecule has 1 fully saturated rings. The van der Waals surface area contributed by atoms with Crippen LogP contribution in [0.3, 0.4) is 0 Å². The van der Waals surface area contributed by atoms with Crippen LogP contribution >= 0.6 is 0 Å². The van der Waals surface area contributed by atoms with Gasteiger partial charge in [0, 0.05) is 50.0 Å². The topological polar surface area (TPSA) is 149 Å². The van der Waals surface area contributed by atoms with Gasteiger partial charge in [-0.1, -0.05) is 31.2 Å². The maximum Gasteiger partial charge on any atom is 0.303 e. The molecule has 1 aromatic carbocycles. The highest BCUT2D eigenvalue weighted by Gasteiger charge is 2.51. The molecule has 0 bridgehead atoms. The van der Waals surface area contributed by atoms with Gasteiger partial charge in [0.2, 0.25) is 0 Å². The maximum atomic E-state index is 11.8. The van der Waals surface area contributed by atoms with E-state index in [-0.39, 0.29) is 18.2 Å². The first-order valence-electron chi connectivity index (χ1n) is 12.4. The standard InChI is InChI=1S/C16H24O9.C12H10O2/c1-6-12-14(22-9(3)18)16(24-11(5)20)15(23-10(4)19)13(25-12)7-21-8(2)17;1-7-8(2)12(14)10-6-4-3-5-9(10)11(7)13/h12-16H,6-7H2,1-5H3;3-6H,1-2H3/t12-,13+,14-,15+,16+;/m0./s1. The van der Waals surface area contributed by atoms with E-state index in [1.54, 1.807) is 45.0 Å². The van der Waals surface area contributed by atoms with Crippen LogP contribution in [0, 0.1) is 0 Å². The van der Waals surface area contributed by atoms with Crippen molar-refractivity contribution in [1.82, 2.24) is 0 Å². The molecule has 2 aliphatic rings. The van der Waals surface area contributed by atoms with Crippen LogP contribution in [0.2, 0.25) is 0 Å². The molecule has 1 saturated heterocycles. The lowest BCUT2D eigenvalue weighted by molar-refractivity contribution is -0.252. The third-order valence-corrected chi connectivity index (χ3v) is 6.15. The van der Waals surface area contributed by atoms with Gasteiger partial charge in [-0.25, -0.2) is 0 Å². The van der Waals surface area contributed by atoms with Crippen molar-refractivity contribution >= 4 is 35.4 Å². The lowest BCUT2D eigenvalue weighted by Gasteiger charge is -2.44. The molecule has 3 rings (SSSR count). The molecule has 39 heavy (non-hydrogen) atoms. The van der Waals surface area contributed by atoms with Crippen LogP contribution in [0.15, 0.2) is 35.4 Å². The van der Waals surface area contributed by atoms with Crippen molar-refractivity contribution in [1.29, 1.82) is 0 Å². The average molecular weight is 547 g/mol. The Balaban J connectivity index is 0.000000318. The van der Waals surface area contributed by atoms with Crippen molar-refractivity contribution in [3.05, 3.63) is 46.5 Å². The van der Waals surface area contributed by atoms with E-state index >= 15 is 0 Å². The van der Waals surface area contributed by atoms with Gasteiger partial charge in [-0.15, -0.1) is 0 Å². The molecule has 0 radical (unpaired) electrons. The summed E-state index contributed by atoms with van der Waals surface area (Å²) in [4.78, 5) is 69.0. The zero-order valence-corrected chi connectivity index (χ0v) is 23.1. The van der Waals surface area contributed by atoms with Gasteiger partial charge in [0.25, 0.3) is 0 Å². The molecule has 11 heteroatoms. The fourth-order valence-corrected chi connectivity index (χ4v) is 4.27. The molecule has 0 N–H and O–H groups in total. The highest BCUT2D eigenvalue weighted by molar-refractivity contribution is 6.26. The van der Waals surface area contributed by atoms with E-state index < -0.39 is 54.4 Å². The smallest absolute Gasteiger partial charge is 0.303 e. The lowest BCUT2D eigenvalue weighted by Crippen LogP contribution is -2.62. The maximum absolute atomic E-state index is 11.8. The van der Waals surface area contributed by atoms with Gasteiger partial charge in [-0.2, -0.15) is 0 Å². The Labute approximate surface area is 226 Å². The van der Waals surface area contributed by atoms with Gasteiger partial charge in [-0.3, -0.25) is 28.8 Å². The summed E-state index contributed by atoms with van der Waals surface area (Å²) < 4.78 is 26.5. The van der Waals surface area contributed by atoms with E-state index in [1.807, 2.05) is 0 Å². The van der Waals surface area contributed by atoms with Crippen LogP contribution in [0.1, 0.15) is 75.6 Å². The van der Waals surface area contributed by atoms with Gasteiger partial charge in [0.15, 0.2) is 29.9 Å². The van der Waals surface area contributed by atoms with Crippen LogP contribution in [0.5, 0.6) is 0 Å². The zero-order valence-electron chi connectivity index (χ0n) is 23.1. The number of ether oxygens (including phenoxy) is 5. The summed E-state index contributed by atoms with van der Waals surface area (Å²) >= 11 is 0. The number of carbonyl (C=O) groups is 6. The number of Topliss-reactive ketones (excluding diaryl/α,β-unsaturated/α-hetero) is 2. The summed E-state index contributed by atoms with van der Waals surface area (Å²) in [5.41, 5.74) is 2.18. The summed E-state index contributed by atoms with van der Waals surface area (Å²) in [6.07, 6.45) is -4.18. The minimum atomic E-state index is -1.09. The Morgan fingerprint density at radius 2 is 1.10 bits per heavy atom. The molecule has 1 aliphatic carbocycles. The third kappa shape index (κ3) is 8.06. The van der Waals surface area contributed by atoms with Crippen LogP contribution in [-0.2, 0) is 42.9 Å². The molecule has 0 aromatic heterocycles. The Morgan fingerprint density at radius 3 is 1.49 bits per heavy atom. The minimum Gasteiger partial charge on any atom is -0.463 e. The Morgan fingerprint density at radius 1 is 0.692 bits per heavy atom. The van der Waals surface area contributed by atoms with Gasteiger partial charge >= 0.3 is 23.9 Å². The molecule has 0 spiro atoms. The molecule has 11 nitrogen and oxygen atoms in total. The normalized spacial score (nSPS) is 24.0. The number of rotatable bonds is 6. The first-order valence-corrected chi connectivity index (χ1v) is 12.4. The van der Waals surface area contributed by atoms with Gasteiger partial charge < -0.3 is 23.7 Å². The average Bonchev–Trinajstić information content (AvgIpc) is 2.87. The van der Waals surface area contributed by atoms with Gasteiger partial charge in [0.05, 0.1) is 6.10 Å². The molecule has 5 atom stereocenters. The lowest BCUT2D eigenvalue weighted by atomic mass is 9.85. The second kappa shape index (κ2) is 13.8. The van der Waals surface area contributed by atoms with E-state index in [9.17, 15) is 28.8 Å². The van der Waals surface area contributed by atoms with Crippen molar-refractivity contribution in [2.24, 2.45) is 0 Å². The van der Waals surface area contributed by atoms with Gasteiger partial charge in [-0.05, 0) is 20.3 Å². The Bertz CT molecular complexity index is 1120. The fraction of sp³-hybridized carbons (Fsp3) is 0.500. The molecular weight excluding hydrogens is 512 g/mol. The SMILES string of the molecule is CC1=C(C)C(=O)c2ccccc2C1=O.CC[C@@H]1O[C@H](COC(C)=O)[C@@H](OC(C)=O)[C@H](OC(C)=O)[C@H]1OC(C)=O. The van der Waals surface area contributed by atoms with E-state index in [2.05, 4.69) is 0 Å². The molecule has 1 aromatic rings. The highest BCUT2D eigenvalue weighted by atomic mass is 16.7. The largest absolute Gasteiger partial charge is 0.463 e. The summed E-state index contributed by atoms with van der Waals surface area (Å²) in [6.45, 7) is 9.80. The summed E-state index contributed by atoms with van der Waals surface area (Å²) in [7, 11) is 0. The molecule has 0 amide bonds. The van der Waals surface area contributed by atoms with Gasteiger partial charge in [0.1, 0.15) is 12.7 Å². The van der Waals surface area contributed by atoms with Crippen LogP contribution in [0.25, 0.3) is 0 Å². The summed E-state index contributed by atoms with van der Waals surface area (Å²) in [6, 6.07) is 6.95. The summed E-state index contributed by atoms with van der Waals surface area (Å²) in [5, 5.41) is 0. The second-order valence-electron chi connectivity index (χ2n) is 9.10. The van der Waals surface area contributed by atoms with E-state index in [0.717, 1.165) is 0 Å². The quantitative estimate of drug-likeness (QED) is 0.383. The van der Waals surface area contributed by atoms with Crippen LogP contribution < -0.4 is 0 Å². The predicted octanol–water partition coefficient (Wildman–Crippen LogP) is 2.92. The number of esters is 4. The number of benzene rings is 1. The molecule has 1 aliphatic heterocycles. The first kappa shape index (κ1) is 31.4. The van der Waals surface area contributed by atoms with Crippen molar-refractivity contribution in [2.75, 3.05) is 6.61 Å². The van der Waals surface area contributed by atoms with Crippen LogP contribution in [0.4, 0.5) is 0 Å². The Hall–Kier alpha value is -3.86. The molecule has 0 unspecified atom stereocenters. The number of allylic oxidation sites excluding steroid dienone is 2.